The standard InChI is InChI=1S/C48H55NO7S/c1-5-25-53-48-44(57-38-21-19-33-14-6-7-15-34(33)27-38)30-42(49-56-47(2,3)4)40-28-35(16-8-10-23-50)39(18-9-11-24-51)45(46(40)48)41-29-37(20-22-43(41)55-48)54-36-17-12-13-32(26-36)31-52/h5-7,12-15,17,19-22,26-29,31,35,39,44-46,50-51H,1,8-11,16,18,23-25,30H2,2-4H3. The number of hydrogen-bond acceptors (Lipinski definition) is 9. The van der Waals surface area contributed by atoms with Crippen LogP contribution in [-0.2, 0) is 9.57 Å². The van der Waals surface area contributed by atoms with Gasteiger partial charge in [0.25, 0.3) is 0 Å². The van der Waals surface area contributed by atoms with Gasteiger partial charge in [-0.2, -0.15) is 0 Å². The third kappa shape index (κ3) is 9.02. The van der Waals surface area contributed by atoms with Gasteiger partial charge in [0, 0.05) is 41.6 Å². The maximum absolute atomic E-state index is 11.6. The Balaban J connectivity index is 1.43. The quantitative estimate of drug-likeness (QED) is 0.0471. The van der Waals surface area contributed by atoms with Gasteiger partial charge >= 0.3 is 0 Å². The Kier molecular flexibility index (Phi) is 12.9. The largest absolute Gasteiger partial charge is 0.460 e. The van der Waals surface area contributed by atoms with E-state index in [1.807, 2.05) is 45.0 Å². The summed E-state index contributed by atoms with van der Waals surface area (Å²) in [6.07, 6.45) is 10.5. The lowest BCUT2D eigenvalue weighted by Gasteiger charge is -2.58. The first-order chi connectivity index (χ1) is 27.7. The molecule has 8 nitrogen and oxygen atoms in total. The van der Waals surface area contributed by atoms with Gasteiger partial charge in [0.1, 0.15) is 29.1 Å². The molecule has 4 aromatic carbocycles. The zero-order valence-corrected chi connectivity index (χ0v) is 34.1. The molecule has 0 bridgehead atoms. The van der Waals surface area contributed by atoms with Gasteiger partial charge in [-0.3, -0.25) is 4.79 Å². The van der Waals surface area contributed by atoms with E-state index in [0.29, 0.717) is 29.9 Å². The van der Waals surface area contributed by atoms with E-state index in [1.165, 1.54) is 5.39 Å². The predicted molar refractivity (Wildman–Crippen MR) is 228 cm³/mol. The lowest BCUT2D eigenvalue weighted by atomic mass is 9.56. The number of benzene rings is 4. The number of aldehydes is 1. The Bertz CT molecular complexity index is 2110. The Labute approximate surface area is 340 Å². The smallest absolute Gasteiger partial charge is 0.231 e. The van der Waals surface area contributed by atoms with Crippen LogP contribution in [0.2, 0.25) is 0 Å². The first-order valence-electron chi connectivity index (χ1n) is 20.3. The minimum Gasteiger partial charge on any atom is -0.460 e. The SMILES string of the molecule is C=CCOC12Oc3ccc(Oc4cccc(C=O)c4)cc3C3C(CCCCO)C(CCCCO)C=C(C(=NOC(C)(C)C)CC1Sc1ccc4ccccc4c1)C32. The highest BCUT2D eigenvalue weighted by atomic mass is 32.2. The van der Waals surface area contributed by atoms with E-state index < -0.39 is 11.4 Å². The van der Waals surface area contributed by atoms with Crippen molar-refractivity contribution in [2.24, 2.45) is 22.9 Å². The van der Waals surface area contributed by atoms with Crippen LogP contribution in [-0.4, -0.2) is 58.7 Å². The van der Waals surface area contributed by atoms with E-state index in [0.717, 1.165) is 71.3 Å². The molecule has 0 radical (unpaired) electrons. The molecule has 7 rings (SSSR count). The fraction of sp³-hybridized carbons (Fsp3) is 0.417. The number of rotatable bonds is 17. The molecule has 2 aliphatic carbocycles. The number of aliphatic hydroxyl groups is 2. The van der Waals surface area contributed by atoms with Gasteiger partial charge in [0.05, 0.1) is 23.5 Å². The predicted octanol–water partition coefficient (Wildman–Crippen LogP) is 10.7. The summed E-state index contributed by atoms with van der Waals surface area (Å²) in [5.74, 6) is 0.803. The summed E-state index contributed by atoms with van der Waals surface area (Å²) in [5, 5.41) is 26.9. The van der Waals surface area contributed by atoms with Crippen LogP contribution in [0.1, 0.15) is 87.6 Å². The second-order valence-electron chi connectivity index (χ2n) is 16.4. The third-order valence-corrected chi connectivity index (χ3v) is 12.6. The molecule has 300 valence electrons. The molecule has 6 atom stereocenters. The van der Waals surface area contributed by atoms with Crippen molar-refractivity contribution in [2.75, 3.05) is 19.8 Å². The second-order valence-corrected chi connectivity index (χ2v) is 17.6. The van der Waals surface area contributed by atoms with Crippen LogP contribution >= 0.6 is 11.8 Å². The number of carbonyl (C=O) groups excluding carboxylic acids is 1. The molecule has 3 aliphatic rings. The van der Waals surface area contributed by atoms with Crippen molar-refractivity contribution >= 4 is 34.5 Å². The van der Waals surface area contributed by atoms with Crippen LogP contribution in [0.4, 0.5) is 0 Å². The van der Waals surface area contributed by atoms with Gasteiger partial charge < -0.3 is 29.3 Å². The van der Waals surface area contributed by atoms with E-state index in [2.05, 4.69) is 61.2 Å². The fourth-order valence-electron chi connectivity index (χ4n) is 8.87. The third-order valence-electron chi connectivity index (χ3n) is 11.3. The van der Waals surface area contributed by atoms with E-state index in [4.69, 9.17) is 24.2 Å². The Morgan fingerprint density at radius 2 is 1.68 bits per heavy atom. The minimum absolute atomic E-state index is 0.0823. The van der Waals surface area contributed by atoms with Crippen LogP contribution in [0.5, 0.6) is 17.2 Å². The molecule has 0 saturated heterocycles. The average molecular weight is 790 g/mol. The lowest BCUT2D eigenvalue weighted by molar-refractivity contribution is -0.223. The van der Waals surface area contributed by atoms with Crippen LogP contribution in [0.15, 0.2) is 119 Å². The van der Waals surface area contributed by atoms with Gasteiger partial charge in [-0.1, -0.05) is 72.6 Å². The number of allylic oxidation sites excluding steroid dienone is 1. The van der Waals surface area contributed by atoms with E-state index >= 15 is 0 Å². The Hall–Kier alpha value is -4.41. The average Bonchev–Trinajstić information content (AvgIpc) is 3.21. The molecule has 0 spiro atoms. The second kappa shape index (κ2) is 18.0. The number of aliphatic hydroxyl groups excluding tert-OH is 2. The Morgan fingerprint density at radius 1 is 0.912 bits per heavy atom. The van der Waals surface area contributed by atoms with Gasteiger partial charge in [0.2, 0.25) is 5.79 Å². The number of thioether (sulfide) groups is 1. The summed E-state index contributed by atoms with van der Waals surface area (Å²) in [6.45, 7) is 10.7. The molecule has 1 heterocycles. The van der Waals surface area contributed by atoms with Crippen LogP contribution in [0.25, 0.3) is 10.8 Å². The highest BCUT2D eigenvalue weighted by Crippen LogP contribution is 2.63. The highest BCUT2D eigenvalue weighted by molar-refractivity contribution is 8.00. The molecule has 9 heteroatoms. The molecule has 57 heavy (non-hydrogen) atoms. The highest BCUT2D eigenvalue weighted by Gasteiger charge is 2.64. The minimum atomic E-state index is -1.11. The van der Waals surface area contributed by atoms with Crippen molar-refractivity contribution < 1.29 is 34.1 Å². The number of ether oxygens (including phenoxy) is 3. The molecule has 0 amide bonds. The van der Waals surface area contributed by atoms with Crippen molar-refractivity contribution in [3.05, 3.63) is 120 Å². The molecular weight excluding hydrogens is 735 g/mol. The molecular formula is C48H55NO7S. The van der Waals surface area contributed by atoms with Gasteiger partial charge in [0.15, 0.2) is 0 Å². The molecule has 4 aromatic rings. The lowest BCUT2D eigenvalue weighted by Crippen LogP contribution is -2.64. The number of fused-ring (bicyclic) bond motifs is 3. The van der Waals surface area contributed by atoms with E-state index in [-0.39, 0.29) is 48.7 Å². The van der Waals surface area contributed by atoms with Crippen molar-refractivity contribution in [1.29, 1.82) is 0 Å². The molecule has 6 unspecified atom stereocenters. The normalized spacial score (nSPS) is 24.5. The summed E-state index contributed by atoms with van der Waals surface area (Å²) in [6, 6.07) is 28.1. The summed E-state index contributed by atoms with van der Waals surface area (Å²) < 4.78 is 20.9. The first kappa shape index (κ1) is 40.8. The molecule has 2 N–H and O–H groups in total. The number of hydrogen-bond donors (Lipinski definition) is 2. The first-order valence-corrected chi connectivity index (χ1v) is 21.2. The maximum atomic E-state index is 11.6. The van der Waals surface area contributed by atoms with E-state index in [1.54, 1.807) is 30.0 Å². The zero-order valence-electron chi connectivity index (χ0n) is 33.3. The number of oxime groups is 1. The summed E-state index contributed by atoms with van der Waals surface area (Å²) in [4.78, 5) is 19.0. The summed E-state index contributed by atoms with van der Waals surface area (Å²) in [7, 11) is 0. The summed E-state index contributed by atoms with van der Waals surface area (Å²) >= 11 is 1.75. The van der Waals surface area contributed by atoms with Gasteiger partial charge in [-0.15, -0.1) is 18.3 Å². The number of carbonyl (C=O) groups is 1. The van der Waals surface area contributed by atoms with Gasteiger partial charge in [-0.05, 0) is 117 Å². The molecule has 0 aromatic heterocycles. The topological polar surface area (TPSA) is 107 Å². The number of unbranched alkanes of at least 4 members (excludes halogenated alkanes) is 2. The monoisotopic (exact) mass is 789 g/mol. The molecule has 1 saturated carbocycles. The van der Waals surface area contributed by atoms with Crippen LogP contribution in [0.3, 0.4) is 0 Å². The number of nitrogens with zero attached hydrogens (tertiary/aromatic N) is 1. The van der Waals surface area contributed by atoms with Crippen molar-refractivity contribution in [3.63, 3.8) is 0 Å². The molecule has 1 fully saturated rings. The van der Waals surface area contributed by atoms with Crippen molar-refractivity contribution in [3.8, 4) is 17.2 Å². The van der Waals surface area contributed by atoms with Crippen molar-refractivity contribution in [2.45, 2.75) is 93.2 Å². The van der Waals surface area contributed by atoms with Crippen molar-refractivity contribution in [1.82, 2.24) is 0 Å². The summed E-state index contributed by atoms with van der Waals surface area (Å²) in [5.41, 5.74) is 3.03. The fourth-order valence-corrected chi connectivity index (χ4v) is 10.2. The Morgan fingerprint density at radius 3 is 2.44 bits per heavy atom. The molecule has 1 aliphatic heterocycles. The van der Waals surface area contributed by atoms with Crippen LogP contribution in [0, 0.1) is 17.8 Å². The zero-order chi connectivity index (χ0) is 40.0. The maximum Gasteiger partial charge on any atom is 0.231 e. The van der Waals surface area contributed by atoms with Gasteiger partial charge in [-0.25, -0.2) is 0 Å². The van der Waals surface area contributed by atoms with E-state index in [9.17, 15) is 15.0 Å². The van der Waals surface area contributed by atoms with Crippen LogP contribution < -0.4 is 9.47 Å².